The first-order valence-corrected chi connectivity index (χ1v) is 7.52. The fraction of sp³-hybridized carbons (Fsp3) is 0.562. The maximum Gasteiger partial charge on any atom is 0.237 e. The second kappa shape index (κ2) is 5.92. The van der Waals surface area contributed by atoms with E-state index in [1.165, 1.54) is 6.07 Å². The number of benzene rings is 1. The summed E-state index contributed by atoms with van der Waals surface area (Å²) in [6.45, 7) is 0.791. The van der Waals surface area contributed by atoms with Crippen LogP contribution in [-0.2, 0) is 4.79 Å². The van der Waals surface area contributed by atoms with Crippen molar-refractivity contribution in [2.24, 2.45) is 0 Å². The third-order valence-electron chi connectivity index (χ3n) is 4.46. The molecule has 3 nitrogen and oxygen atoms in total. The molecule has 0 radical (unpaired) electrons. The molecular weight excluding hydrogens is 255 g/mol. The van der Waals surface area contributed by atoms with Gasteiger partial charge in [-0.05, 0) is 49.7 Å². The summed E-state index contributed by atoms with van der Waals surface area (Å²) in [6, 6.07) is 7.28. The summed E-state index contributed by atoms with van der Waals surface area (Å²) in [6.07, 6.45) is 4.90. The van der Waals surface area contributed by atoms with Crippen LogP contribution in [0.2, 0.25) is 0 Å². The molecule has 1 aliphatic heterocycles. The molecule has 1 aliphatic carbocycles. The molecule has 0 aromatic heterocycles. The third-order valence-corrected chi connectivity index (χ3v) is 4.46. The molecule has 1 unspecified atom stereocenters. The second-order valence-corrected chi connectivity index (χ2v) is 5.89. The summed E-state index contributed by atoms with van der Waals surface area (Å²) in [5, 5.41) is 6.37. The van der Waals surface area contributed by atoms with Crippen molar-refractivity contribution in [3.63, 3.8) is 0 Å². The SMILES string of the molecule is O=C1NCCCCC1NC1CC(c2ccccc2F)C1. The second-order valence-electron chi connectivity index (χ2n) is 5.89. The smallest absolute Gasteiger partial charge is 0.237 e. The van der Waals surface area contributed by atoms with Crippen LogP contribution in [0.3, 0.4) is 0 Å². The van der Waals surface area contributed by atoms with E-state index in [9.17, 15) is 9.18 Å². The van der Waals surface area contributed by atoms with Crippen LogP contribution in [-0.4, -0.2) is 24.5 Å². The van der Waals surface area contributed by atoms with E-state index in [0.717, 1.165) is 44.2 Å². The predicted molar refractivity (Wildman–Crippen MR) is 75.9 cm³/mol. The minimum Gasteiger partial charge on any atom is -0.355 e. The molecule has 1 amide bonds. The fourth-order valence-electron chi connectivity index (χ4n) is 3.20. The van der Waals surface area contributed by atoms with Crippen LogP contribution in [0.25, 0.3) is 0 Å². The normalized spacial score (nSPS) is 30.2. The standard InChI is InChI=1S/C16H21FN2O/c17-14-6-2-1-5-13(14)11-9-12(10-11)19-15-7-3-4-8-18-16(15)20/h1-2,5-6,11-12,15,19H,3-4,7-10H2,(H,18,20). The number of carbonyl (C=O) groups is 1. The van der Waals surface area contributed by atoms with Crippen LogP contribution in [0, 0.1) is 5.82 Å². The Morgan fingerprint density at radius 2 is 2.00 bits per heavy atom. The van der Waals surface area contributed by atoms with Gasteiger partial charge < -0.3 is 10.6 Å². The highest BCUT2D eigenvalue weighted by molar-refractivity contribution is 5.81. The molecule has 2 aliphatic rings. The Balaban J connectivity index is 1.53. The van der Waals surface area contributed by atoms with Crippen molar-refractivity contribution in [1.29, 1.82) is 0 Å². The number of amides is 1. The van der Waals surface area contributed by atoms with Crippen molar-refractivity contribution >= 4 is 5.91 Å². The predicted octanol–water partition coefficient (Wildman–Crippen LogP) is 2.33. The van der Waals surface area contributed by atoms with Gasteiger partial charge in [-0.1, -0.05) is 18.2 Å². The summed E-state index contributed by atoms with van der Waals surface area (Å²) in [5.74, 6) is 0.308. The zero-order valence-electron chi connectivity index (χ0n) is 11.6. The van der Waals surface area contributed by atoms with E-state index in [0.29, 0.717) is 12.0 Å². The molecule has 0 bridgehead atoms. The highest BCUT2D eigenvalue weighted by Gasteiger charge is 2.34. The number of nitrogens with one attached hydrogen (secondary N) is 2. The molecule has 0 spiro atoms. The van der Waals surface area contributed by atoms with Crippen molar-refractivity contribution < 1.29 is 9.18 Å². The number of hydrogen-bond acceptors (Lipinski definition) is 2. The molecule has 1 saturated heterocycles. The van der Waals surface area contributed by atoms with Gasteiger partial charge in [0.1, 0.15) is 5.82 Å². The monoisotopic (exact) mass is 276 g/mol. The molecule has 4 heteroatoms. The molecule has 3 rings (SSSR count). The molecular formula is C16H21FN2O. The maximum atomic E-state index is 13.7. The Labute approximate surface area is 118 Å². The number of rotatable bonds is 3. The van der Waals surface area contributed by atoms with E-state index in [1.807, 2.05) is 12.1 Å². The summed E-state index contributed by atoms with van der Waals surface area (Å²) in [5.41, 5.74) is 0.816. The average molecular weight is 276 g/mol. The fourth-order valence-corrected chi connectivity index (χ4v) is 3.20. The topological polar surface area (TPSA) is 41.1 Å². The Bertz CT molecular complexity index is 485. The first-order chi connectivity index (χ1) is 9.74. The van der Waals surface area contributed by atoms with Crippen LogP contribution in [0.4, 0.5) is 4.39 Å². The minimum atomic E-state index is -0.108. The van der Waals surface area contributed by atoms with E-state index in [4.69, 9.17) is 0 Å². The molecule has 1 atom stereocenters. The molecule has 2 N–H and O–H groups in total. The minimum absolute atomic E-state index is 0.0657. The first-order valence-electron chi connectivity index (χ1n) is 7.52. The van der Waals surface area contributed by atoms with E-state index in [1.54, 1.807) is 6.07 Å². The Kier molecular flexibility index (Phi) is 4.01. The number of hydrogen-bond donors (Lipinski definition) is 2. The van der Waals surface area contributed by atoms with Crippen LogP contribution in [0.1, 0.15) is 43.6 Å². The Hall–Kier alpha value is -1.42. The van der Waals surface area contributed by atoms with Crippen molar-refractivity contribution in [1.82, 2.24) is 10.6 Å². The lowest BCUT2D eigenvalue weighted by Crippen LogP contribution is -2.51. The van der Waals surface area contributed by atoms with E-state index in [2.05, 4.69) is 10.6 Å². The third kappa shape index (κ3) is 2.85. The molecule has 1 heterocycles. The molecule has 108 valence electrons. The molecule has 20 heavy (non-hydrogen) atoms. The van der Waals surface area contributed by atoms with Crippen molar-refractivity contribution in [3.05, 3.63) is 35.6 Å². The Morgan fingerprint density at radius 1 is 1.20 bits per heavy atom. The van der Waals surface area contributed by atoms with Crippen LogP contribution in [0.5, 0.6) is 0 Å². The lowest BCUT2D eigenvalue weighted by atomic mass is 9.75. The van der Waals surface area contributed by atoms with Gasteiger partial charge in [-0.3, -0.25) is 4.79 Å². The van der Waals surface area contributed by atoms with Gasteiger partial charge in [-0.25, -0.2) is 4.39 Å². The van der Waals surface area contributed by atoms with Crippen LogP contribution in [0.15, 0.2) is 24.3 Å². The van der Waals surface area contributed by atoms with Crippen LogP contribution >= 0.6 is 0 Å². The van der Waals surface area contributed by atoms with Gasteiger partial charge in [-0.2, -0.15) is 0 Å². The molecule has 2 fully saturated rings. The lowest BCUT2D eigenvalue weighted by Gasteiger charge is -2.38. The maximum absolute atomic E-state index is 13.7. The molecule has 1 aromatic rings. The van der Waals surface area contributed by atoms with Crippen molar-refractivity contribution in [3.8, 4) is 0 Å². The van der Waals surface area contributed by atoms with Gasteiger partial charge in [0, 0.05) is 12.6 Å². The van der Waals surface area contributed by atoms with Crippen LogP contribution < -0.4 is 10.6 Å². The van der Waals surface area contributed by atoms with E-state index < -0.39 is 0 Å². The first kappa shape index (κ1) is 13.6. The van der Waals surface area contributed by atoms with Gasteiger partial charge >= 0.3 is 0 Å². The van der Waals surface area contributed by atoms with E-state index >= 15 is 0 Å². The van der Waals surface area contributed by atoms with Gasteiger partial charge in [0.05, 0.1) is 6.04 Å². The van der Waals surface area contributed by atoms with Gasteiger partial charge in [0.25, 0.3) is 0 Å². The average Bonchev–Trinajstić information content (AvgIpc) is 2.60. The van der Waals surface area contributed by atoms with Crippen molar-refractivity contribution in [2.45, 2.75) is 50.1 Å². The largest absolute Gasteiger partial charge is 0.355 e. The van der Waals surface area contributed by atoms with Gasteiger partial charge in [0.15, 0.2) is 0 Å². The highest BCUT2D eigenvalue weighted by atomic mass is 19.1. The number of carbonyl (C=O) groups excluding carboxylic acids is 1. The van der Waals surface area contributed by atoms with E-state index in [-0.39, 0.29) is 17.8 Å². The summed E-state index contributed by atoms with van der Waals surface area (Å²) in [7, 11) is 0. The van der Waals surface area contributed by atoms with Gasteiger partial charge in [-0.15, -0.1) is 0 Å². The van der Waals surface area contributed by atoms with Gasteiger partial charge in [0.2, 0.25) is 5.91 Å². The summed E-state index contributed by atoms with van der Waals surface area (Å²) >= 11 is 0. The zero-order valence-corrected chi connectivity index (χ0v) is 11.6. The summed E-state index contributed by atoms with van der Waals surface area (Å²) < 4.78 is 13.7. The lowest BCUT2D eigenvalue weighted by molar-refractivity contribution is -0.123. The summed E-state index contributed by atoms with van der Waals surface area (Å²) in [4.78, 5) is 11.9. The molecule has 1 aromatic carbocycles. The highest BCUT2D eigenvalue weighted by Crippen LogP contribution is 2.38. The quantitative estimate of drug-likeness (QED) is 0.889. The van der Waals surface area contributed by atoms with Crippen molar-refractivity contribution in [2.75, 3.05) is 6.54 Å². The number of halogens is 1. The Morgan fingerprint density at radius 3 is 2.80 bits per heavy atom. The zero-order chi connectivity index (χ0) is 13.9. The molecule has 1 saturated carbocycles.